The molecule has 1 aromatic heterocycles. The van der Waals surface area contributed by atoms with Gasteiger partial charge in [0.2, 0.25) is 0 Å². The molecule has 3 N–H and O–H groups in total. The van der Waals surface area contributed by atoms with Crippen LogP contribution in [0.25, 0.3) is 0 Å². The summed E-state index contributed by atoms with van der Waals surface area (Å²) in [6.07, 6.45) is 0. The van der Waals surface area contributed by atoms with E-state index < -0.39 is 23.1 Å². The number of nitrogens with zero attached hydrogens (tertiary/aromatic N) is 2. The van der Waals surface area contributed by atoms with Crippen LogP contribution in [0.4, 0.5) is 5.82 Å². The number of hydrogen-bond acceptors (Lipinski definition) is 5. The van der Waals surface area contributed by atoms with Crippen LogP contribution in [0.15, 0.2) is 39.9 Å². The van der Waals surface area contributed by atoms with Gasteiger partial charge in [0.25, 0.3) is 5.56 Å². The molecule has 2 unspecified atom stereocenters. The molecule has 0 spiro atoms. The molecule has 24 heavy (non-hydrogen) atoms. The summed E-state index contributed by atoms with van der Waals surface area (Å²) in [5, 5.41) is 3.16. The number of hydrogen-bond donors (Lipinski definition) is 2. The molecule has 0 radical (unpaired) electrons. The Morgan fingerprint density at radius 2 is 1.67 bits per heavy atom. The number of ketones is 1. The van der Waals surface area contributed by atoms with Crippen molar-refractivity contribution in [2.75, 3.05) is 5.73 Å². The van der Waals surface area contributed by atoms with Crippen LogP contribution in [-0.2, 0) is 14.1 Å². The van der Waals surface area contributed by atoms with E-state index in [1.165, 1.54) is 14.1 Å². The molecular formula is C17H22N4O3. The SMILES string of the molecule is CC(NC(C)c1ccccc1)C(=O)c1c(N)n(C)c(=O)n(C)c1=O. The number of Topliss-reactive ketones (excluding diaryl/α,β-unsaturated/α-hetero) is 1. The highest BCUT2D eigenvalue weighted by Gasteiger charge is 2.25. The summed E-state index contributed by atoms with van der Waals surface area (Å²) >= 11 is 0. The molecule has 0 aliphatic carbocycles. The van der Waals surface area contributed by atoms with Gasteiger partial charge >= 0.3 is 5.69 Å². The van der Waals surface area contributed by atoms with Gasteiger partial charge in [-0.1, -0.05) is 30.3 Å². The summed E-state index contributed by atoms with van der Waals surface area (Å²) in [4.78, 5) is 36.8. The van der Waals surface area contributed by atoms with Crippen molar-refractivity contribution in [1.82, 2.24) is 14.5 Å². The zero-order valence-electron chi connectivity index (χ0n) is 14.2. The Hall–Kier alpha value is -2.67. The second kappa shape index (κ2) is 6.84. The maximum absolute atomic E-state index is 12.7. The molecule has 0 amide bonds. The predicted molar refractivity (Wildman–Crippen MR) is 93.1 cm³/mol. The molecule has 0 fully saturated rings. The number of nitrogens with two attached hydrogens (primary N) is 1. The van der Waals surface area contributed by atoms with Crippen molar-refractivity contribution in [3.8, 4) is 0 Å². The van der Waals surface area contributed by atoms with Gasteiger partial charge in [0.1, 0.15) is 11.4 Å². The average molecular weight is 330 g/mol. The molecule has 7 nitrogen and oxygen atoms in total. The van der Waals surface area contributed by atoms with Gasteiger partial charge in [0.05, 0.1) is 6.04 Å². The highest BCUT2D eigenvalue weighted by Crippen LogP contribution is 2.14. The molecule has 0 aliphatic heterocycles. The van der Waals surface area contributed by atoms with Gasteiger partial charge in [-0.3, -0.25) is 18.7 Å². The highest BCUT2D eigenvalue weighted by molar-refractivity contribution is 6.03. The van der Waals surface area contributed by atoms with Crippen LogP contribution in [0, 0.1) is 0 Å². The third kappa shape index (κ3) is 3.16. The number of carbonyl (C=O) groups is 1. The molecule has 0 bridgehead atoms. The Labute approximate surface area is 139 Å². The summed E-state index contributed by atoms with van der Waals surface area (Å²) in [5.41, 5.74) is 5.45. The molecule has 2 aromatic rings. The van der Waals surface area contributed by atoms with E-state index in [-0.39, 0.29) is 17.4 Å². The number of rotatable bonds is 5. The van der Waals surface area contributed by atoms with E-state index in [4.69, 9.17) is 5.73 Å². The maximum atomic E-state index is 12.7. The Bertz CT molecular complexity index is 868. The largest absolute Gasteiger partial charge is 0.384 e. The third-order valence-corrected chi connectivity index (χ3v) is 4.15. The van der Waals surface area contributed by atoms with E-state index in [2.05, 4.69) is 5.32 Å². The summed E-state index contributed by atoms with van der Waals surface area (Å²) in [7, 11) is 2.75. The number of nitrogen functional groups attached to an aromatic ring is 1. The molecule has 2 atom stereocenters. The Morgan fingerprint density at radius 1 is 1.08 bits per heavy atom. The van der Waals surface area contributed by atoms with Gasteiger partial charge in [-0.25, -0.2) is 4.79 Å². The quantitative estimate of drug-likeness (QED) is 0.782. The minimum absolute atomic E-state index is 0.0808. The first-order chi connectivity index (χ1) is 11.3. The topological polar surface area (TPSA) is 99.1 Å². The Kier molecular flexibility index (Phi) is 5.04. The maximum Gasteiger partial charge on any atom is 0.332 e. The van der Waals surface area contributed by atoms with Crippen molar-refractivity contribution in [3.05, 3.63) is 62.3 Å². The van der Waals surface area contributed by atoms with Crippen LogP contribution in [-0.4, -0.2) is 21.0 Å². The molecule has 1 heterocycles. The predicted octanol–water partition coefficient (Wildman–Crippen LogP) is 0.588. The molecule has 2 rings (SSSR count). The van der Waals surface area contributed by atoms with E-state index in [0.717, 1.165) is 14.7 Å². The molecular weight excluding hydrogens is 308 g/mol. The van der Waals surface area contributed by atoms with Crippen molar-refractivity contribution in [3.63, 3.8) is 0 Å². The molecule has 0 saturated heterocycles. The Balaban J connectivity index is 2.33. The normalized spacial score (nSPS) is 13.5. The lowest BCUT2D eigenvalue weighted by Crippen LogP contribution is -2.45. The first kappa shape index (κ1) is 17.7. The van der Waals surface area contributed by atoms with Gasteiger partial charge in [-0.2, -0.15) is 0 Å². The lowest BCUT2D eigenvalue weighted by atomic mass is 10.0. The van der Waals surface area contributed by atoms with Crippen molar-refractivity contribution >= 4 is 11.6 Å². The van der Waals surface area contributed by atoms with Crippen molar-refractivity contribution in [1.29, 1.82) is 0 Å². The van der Waals surface area contributed by atoms with E-state index in [1.54, 1.807) is 6.92 Å². The van der Waals surface area contributed by atoms with Crippen LogP contribution in [0.1, 0.15) is 35.8 Å². The molecule has 7 heteroatoms. The fourth-order valence-electron chi connectivity index (χ4n) is 2.60. The zero-order chi connectivity index (χ0) is 18.0. The van der Waals surface area contributed by atoms with Gasteiger partial charge in [0, 0.05) is 20.1 Å². The molecule has 0 saturated carbocycles. The first-order valence-electron chi connectivity index (χ1n) is 7.66. The smallest absolute Gasteiger partial charge is 0.332 e. The van der Waals surface area contributed by atoms with Crippen LogP contribution in [0.5, 0.6) is 0 Å². The van der Waals surface area contributed by atoms with Gasteiger partial charge in [-0.05, 0) is 19.4 Å². The molecule has 1 aromatic carbocycles. The van der Waals surface area contributed by atoms with E-state index in [0.29, 0.717) is 0 Å². The minimum atomic E-state index is -0.679. The zero-order valence-corrected chi connectivity index (χ0v) is 14.2. The lowest BCUT2D eigenvalue weighted by Gasteiger charge is -2.20. The summed E-state index contributed by atoms with van der Waals surface area (Å²) < 4.78 is 1.99. The fraction of sp³-hybridized carbons (Fsp3) is 0.353. The average Bonchev–Trinajstić information content (AvgIpc) is 2.59. The van der Waals surface area contributed by atoms with Crippen LogP contribution in [0.2, 0.25) is 0 Å². The second-order valence-electron chi connectivity index (χ2n) is 5.85. The molecule has 0 aliphatic rings. The van der Waals surface area contributed by atoms with E-state index in [1.807, 2.05) is 37.3 Å². The summed E-state index contributed by atoms with van der Waals surface area (Å²) in [5.74, 6) is -0.555. The number of benzene rings is 1. The van der Waals surface area contributed by atoms with Crippen LogP contribution in [0.3, 0.4) is 0 Å². The van der Waals surface area contributed by atoms with Gasteiger partial charge in [0.15, 0.2) is 5.78 Å². The molecule has 128 valence electrons. The summed E-state index contributed by atoms with van der Waals surface area (Å²) in [6, 6.07) is 8.94. The third-order valence-electron chi connectivity index (χ3n) is 4.15. The fourth-order valence-corrected chi connectivity index (χ4v) is 2.60. The monoisotopic (exact) mass is 330 g/mol. The number of aromatic nitrogens is 2. The first-order valence-corrected chi connectivity index (χ1v) is 7.66. The summed E-state index contributed by atoms with van der Waals surface area (Å²) in [6.45, 7) is 3.60. The highest BCUT2D eigenvalue weighted by atomic mass is 16.2. The van der Waals surface area contributed by atoms with Crippen LogP contribution >= 0.6 is 0 Å². The minimum Gasteiger partial charge on any atom is -0.384 e. The number of nitrogens with one attached hydrogen (secondary N) is 1. The van der Waals surface area contributed by atoms with E-state index >= 15 is 0 Å². The van der Waals surface area contributed by atoms with Crippen molar-refractivity contribution < 1.29 is 4.79 Å². The van der Waals surface area contributed by atoms with Gasteiger partial charge < -0.3 is 11.1 Å². The number of carbonyl (C=O) groups excluding carboxylic acids is 1. The van der Waals surface area contributed by atoms with E-state index in [9.17, 15) is 14.4 Å². The second-order valence-corrected chi connectivity index (χ2v) is 5.85. The number of anilines is 1. The standard InChI is InChI=1S/C17H22N4O3/c1-10(12-8-6-5-7-9-12)19-11(2)14(22)13-15(18)20(3)17(24)21(4)16(13)23/h5-11,19H,18H2,1-4H3. The van der Waals surface area contributed by atoms with Crippen molar-refractivity contribution in [2.24, 2.45) is 14.1 Å². The van der Waals surface area contributed by atoms with Gasteiger partial charge in [-0.15, -0.1) is 0 Å². The Morgan fingerprint density at radius 3 is 2.25 bits per heavy atom. The van der Waals surface area contributed by atoms with Crippen molar-refractivity contribution in [2.45, 2.75) is 25.9 Å². The van der Waals surface area contributed by atoms with Crippen LogP contribution < -0.4 is 22.3 Å². The lowest BCUT2D eigenvalue weighted by molar-refractivity contribution is 0.0943.